The number of likely N-dealkylation sites (N-methyl/N-ethyl adjacent to an activating group) is 1. The fraction of sp³-hybridized carbons (Fsp3) is 0.550. The summed E-state index contributed by atoms with van der Waals surface area (Å²) in [5, 5.41) is 0. The van der Waals surface area contributed by atoms with E-state index in [4.69, 9.17) is 0 Å². The van der Waals surface area contributed by atoms with Gasteiger partial charge in [-0.25, -0.2) is 0 Å². The van der Waals surface area contributed by atoms with Gasteiger partial charge in [0, 0.05) is 38.9 Å². The fourth-order valence-corrected chi connectivity index (χ4v) is 3.41. The van der Waals surface area contributed by atoms with Gasteiger partial charge in [-0.05, 0) is 32.0 Å². The molecule has 2 fully saturated rings. The van der Waals surface area contributed by atoms with Crippen LogP contribution in [0.15, 0.2) is 35.3 Å². The number of hydrogen-bond acceptors (Lipinski definition) is 5. The molecule has 2 aliphatic heterocycles. The van der Waals surface area contributed by atoms with Gasteiger partial charge in [0.1, 0.15) is 6.04 Å². The van der Waals surface area contributed by atoms with Crippen molar-refractivity contribution in [2.75, 3.05) is 46.3 Å². The summed E-state index contributed by atoms with van der Waals surface area (Å²) in [7, 11) is 2.15. The summed E-state index contributed by atoms with van der Waals surface area (Å²) >= 11 is 0. The van der Waals surface area contributed by atoms with Crippen LogP contribution in [0.25, 0.3) is 0 Å². The number of benzene rings is 1. The standard InChI is InChI=1S/C20H28N4O2/c1-22-11-13-23(14-12-22)9-5-6-10-24-19(25)15-18(20(24)26)21-16-17-7-3-2-4-8-17/h2-4,7-8,16,18H,5-6,9-15H2,1H3/t18-/m1/s1. The molecule has 6 heteroatoms. The average Bonchev–Trinajstić information content (AvgIpc) is 2.93. The van der Waals surface area contributed by atoms with E-state index in [1.807, 2.05) is 30.3 Å². The van der Waals surface area contributed by atoms with Gasteiger partial charge < -0.3 is 9.80 Å². The average molecular weight is 356 g/mol. The molecule has 0 radical (unpaired) electrons. The molecule has 26 heavy (non-hydrogen) atoms. The molecule has 0 aliphatic carbocycles. The summed E-state index contributed by atoms with van der Waals surface area (Å²) in [5.74, 6) is -0.244. The lowest BCUT2D eigenvalue weighted by Gasteiger charge is -2.32. The molecule has 2 aliphatic rings. The van der Waals surface area contributed by atoms with Crippen molar-refractivity contribution in [3.63, 3.8) is 0 Å². The van der Waals surface area contributed by atoms with E-state index in [9.17, 15) is 9.59 Å². The van der Waals surface area contributed by atoms with Crippen molar-refractivity contribution < 1.29 is 9.59 Å². The zero-order valence-corrected chi connectivity index (χ0v) is 15.5. The number of nitrogens with zero attached hydrogens (tertiary/aromatic N) is 4. The summed E-state index contributed by atoms with van der Waals surface area (Å²) in [5.41, 5.74) is 0.943. The number of carbonyl (C=O) groups excluding carboxylic acids is 2. The van der Waals surface area contributed by atoms with Crippen molar-refractivity contribution in [2.24, 2.45) is 4.99 Å². The van der Waals surface area contributed by atoms with Crippen molar-refractivity contribution >= 4 is 18.0 Å². The van der Waals surface area contributed by atoms with Gasteiger partial charge >= 0.3 is 0 Å². The maximum Gasteiger partial charge on any atom is 0.254 e. The molecule has 1 atom stereocenters. The van der Waals surface area contributed by atoms with Crippen LogP contribution in [-0.2, 0) is 9.59 Å². The van der Waals surface area contributed by atoms with E-state index >= 15 is 0 Å². The number of unbranched alkanes of at least 4 members (excludes halogenated alkanes) is 1. The maximum atomic E-state index is 12.4. The molecule has 2 saturated heterocycles. The summed E-state index contributed by atoms with van der Waals surface area (Å²) in [6, 6.07) is 9.10. The van der Waals surface area contributed by atoms with Crippen LogP contribution in [-0.4, -0.2) is 85.1 Å². The smallest absolute Gasteiger partial charge is 0.254 e. The highest BCUT2D eigenvalue weighted by Gasteiger charge is 2.37. The van der Waals surface area contributed by atoms with Gasteiger partial charge in [0.05, 0.1) is 6.42 Å². The lowest BCUT2D eigenvalue weighted by molar-refractivity contribution is -0.138. The number of rotatable bonds is 7. The van der Waals surface area contributed by atoms with Crippen molar-refractivity contribution in [1.82, 2.24) is 14.7 Å². The van der Waals surface area contributed by atoms with Crippen LogP contribution in [0.2, 0.25) is 0 Å². The minimum Gasteiger partial charge on any atom is -0.304 e. The third kappa shape index (κ3) is 4.99. The quantitative estimate of drug-likeness (QED) is 0.419. The normalized spacial score (nSPS) is 22.7. The predicted octanol–water partition coefficient (Wildman–Crippen LogP) is 1.26. The van der Waals surface area contributed by atoms with E-state index in [1.165, 1.54) is 4.90 Å². The molecule has 0 N–H and O–H groups in total. The van der Waals surface area contributed by atoms with Gasteiger partial charge in [0.15, 0.2) is 0 Å². The molecule has 3 rings (SSSR count). The first-order valence-corrected chi connectivity index (χ1v) is 9.47. The van der Waals surface area contributed by atoms with Crippen molar-refractivity contribution in [3.05, 3.63) is 35.9 Å². The Balaban J connectivity index is 1.42. The molecule has 0 bridgehead atoms. The van der Waals surface area contributed by atoms with Crippen LogP contribution in [0.5, 0.6) is 0 Å². The van der Waals surface area contributed by atoms with Gasteiger partial charge in [-0.3, -0.25) is 19.5 Å². The summed E-state index contributed by atoms with van der Waals surface area (Å²) in [6.07, 6.45) is 3.75. The summed E-state index contributed by atoms with van der Waals surface area (Å²) in [6.45, 7) is 6.00. The van der Waals surface area contributed by atoms with Crippen molar-refractivity contribution in [1.29, 1.82) is 0 Å². The third-order valence-corrected chi connectivity index (χ3v) is 5.13. The van der Waals surface area contributed by atoms with Gasteiger partial charge in [0.25, 0.3) is 5.91 Å². The van der Waals surface area contributed by atoms with E-state index in [1.54, 1.807) is 6.21 Å². The van der Waals surface area contributed by atoms with Crippen LogP contribution in [0.3, 0.4) is 0 Å². The lowest BCUT2D eigenvalue weighted by Crippen LogP contribution is -2.44. The minimum atomic E-state index is -0.555. The topological polar surface area (TPSA) is 56.2 Å². The Morgan fingerprint density at radius 1 is 1.04 bits per heavy atom. The molecule has 140 valence electrons. The van der Waals surface area contributed by atoms with E-state index in [-0.39, 0.29) is 18.2 Å². The Kier molecular flexibility index (Phi) is 6.52. The molecule has 1 aromatic carbocycles. The second-order valence-electron chi connectivity index (χ2n) is 7.14. The van der Waals surface area contributed by atoms with Gasteiger partial charge in [-0.1, -0.05) is 30.3 Å². The maximum absolute atomic E-state index is 12.4. The molecule has 0 spiro atoms. The molecule has 6 nitrogen and oxygen atoms in total. The Hall–Kier alpha value is -2.05. The zero-order chi connectivity index (χ0) is 18.4. The van der Waals surface area contributed by atoms with Crippen molar-refractivity contribution in [2.45, 2.75) is 25.3 Å². The highest BCUT2D eigenvalue weighted by molar-refractivity contribution is 6.06. The van der Waals surface area contributed by atoms with Crippen LogP contribution < -0.4 is 0 Å². The predicted molar refractivity (Wildman–Crippen MR) is 102 cm³/mol. The molecule has 1 aromatic rings. The Morgan fingerprint density at radius 2 is 1.73 bits per heavy atom. The number of likely N-dealkylation sites (tertiary alicyclic amines) is 1. The number of piperazine rings is 1. The zero-order valence-electron chi connectivity index (χ0n) is 15.5. The second-order valence-corrected chi connectivity index (χ2v) is 7.14. The number of imide groups is 1. The summed E-state index contributed by atoms with van der Waals surface area (Å²) < 4.78 is 0. The van der Waals surface area contributed by atoms with Crippen LogP contribution in [0.4, 0.5) is 0 Å². The molecule has 2 heterocycles. The molecule has 0 aromatic heterocycles. The molecule has 0 unspecified atom stereocenters. The monoisotopic (exact) mass is 356 g/mol. The molecule has 0 saturated carbocycles. The highest BCUT2D eigenvalue weighted by atomic mass is 16.2. The largest absolute Gasteiger partial charge is 0.304 e. The van der Waals surface area contributed by atoms with E-state index in [2.05, 4.69) is 21.8 Å². The SMILES string of the molecule is CN1CCN(CCCCN2C(=O)C[C@@H](N=Cc3ccccc3)C2=O)CC1. The van der Waals surface area contributed by atoms with Crippen LogP contribution >= 0.6 is 0 Å². The first kappa shape index (κ1) is 18.7. The second kappa shape index (κ2) is 9.05. The number of hydrogen-bond donors (Lipinski definition) is 0. The van der Waals surface area contributed by atoms with Crippen molar-refractivity contribution in [3.8, 4) is 0 Å². The summed E-state index contributed by atoms with van der Waals surface area (Å²) in [4.78, 5) is 35.1. The fourth-order valence-electron chi connectivity index (χ4n) is 3.41. The lowest BCUT2D eigenvalue weighted by atomic mass is 10.2. The molecular formula is C20H28N4O2. The highest BCUT2D eigenvalue weighted by Crippen LogP contribution is 2.17. The number of amides is 2. The molecular weight excluding hydrogens is 328 g/mol. The third-order valence-electron chi connectivity index (χ3n) is 5.13. The van der Waals surface area contributed by atoms with E-state index < -0.39 is 6.04 Å². The Morgan fingerprint density at radius 3 is 2.46 bits per heavy atom. The van der Waals surface area contributed by atoms with E-state index in [0.717, 1.165) is 51.1 Å². The van der Waals surface area contributed by atoms with Gasteiger partial charge in [-0.2, -0.15) is 0 Å². The van der Waals surface area contributed by atoms with Crippen LogP contribution in [0, 0.1) is 0 Å². The van der Waals surface area contributed by atoms with Gasteiger partial charge in [0.2, 0.25) is 5.91 Å². The number of aliphatic imine (C=N–C) groups is 1. The molecule has 2 amide bonds. The first-order chi connectivity index (χ1) is 12.6. The van der Waals surface area contributed by atoms with Gasteiger partial charge in [-0.15, -0.1) is 0 Å². The Bertz CT molecular complexity index is 638. The Labute approximate surface area is 155 Å². The minimum absolute atomic E-state index is 0.0928. The van der Waals surface area contributed by atoms with E-state index in [0.29, 0.717) is 6.54 Å². The number of carbonyl (C=O) groups is 2. The van der Waals surface area contributed by atoms with Crippen LogP contribution in [0.1, 0.15) is 24.8 Å². The first-order valence-electron chi connectivity index (χ1n) is 9.47.